The number of fused-ring (bicyclic) bond motifs is 1. The number of aryl methyl sites for hydroxylation is 1. The Kier molecular flexibility index (Phi) is 5.24. The maximum Gasteiger partial charge on any atom is 0.274 e. The van der Waals surface area contributed by atoms with Crippen LogP contribution < -0.4 is 10.1 Å². The summed E-state index contributed by atoms with van der Waals surface area (Å²) in [5.41, 5.74) is 2.96. The largest absolute Gasteiger partial charge is 0.497 e. The first kappa shape index (κ1) is 20.1. The third-order valence-electron chi connectivity index (χ3n) is 5.49. The highest BCUT2D eigenvalue weighted by Gasteiger charge is 2.29. The van der Waals surface area contributed by atoms with Gasteiger partial charge in [-0.25, -0.2) is 4.98 Å². The minimum Gasteiger partial charge on any atom is -0.497 e. The van der Waals surface area contributed by atoms with Gasteiger partial charge in [0.1, 0.15) is 29.0 Å². The first-order valence-corrected chi connectivity index (χ1v) is 10.4. The van der Waals surface area contributed by atoms with Crippen molar-refractivity contribution in [3.05, 3.63) is 72.3 Å². The van der Waals surface area contributed by atoms with Gasteiger partial charge in [-0.15, -0.1) is 0 Å². The molecule has 0 bridgehead atoms. The van der Waals surface area contributed by atoms with Crippen molar-refractivity contribution in [2.45, 2.75) is 6.10 Å². The van der Waals surface area contributed by atoms with Crippen LogP contribution in [-0.2, 0) is 11.8 Å². The van der Waals surface area contributed by atoms with Gasteiger partial charge in [-0.1, -0.05) is 6.07 Å². The number of benzene rings is 1. The second-order valence-electron chi connectivity index (χ2n) is 7.64. The molecule has 1 N–H and O–H groups in total. The number of pyridine rings is 1. The number of hydrogen-bond acceptors (Lipinski definition) is 6. The number of nitrogens with one attached hydrogen (secondary N) is 1. The lowest BCUT2D eigenvalue weighted by Crippen LogP contribution is -2.42. The number of imidazole rings is 1. The minimum atomic E-state index is -0.301. The number of hydrogen-bond donors (Lipinski definition) is 1. The van der Waals surface area contributed by atoms with Crippen molar-refractivity contribution in [1.29, 1.82) is 0 Å². The molecule has 1 unspecified atom stereocenters. The minimum absolute atomic E-state index is 0.0930. The Bertz CT molecular complexity index is 1250. The predicted molar refractivity (Wildman–Crippen MR) is 119 cm³/mol. The van der Waals surface area contributed by atoms with Crippen molar-refractivity contribution in [3.8, 4) is 5.75 Å². The van der Waals surface area contributed by atoms with Crippen molar-refractivity contribution >= 4 is 23.1 Å². The van der Waals surface area contributed by atoms with Crippen LogP contribution in [0.15, 0.2) is 60.9 Å². The molecule has 5 rings (SSSR count). The average molecular weight is 432 g/mol. The van der Waals surface area contributed by atoms with Gasteiger partial charge >= 0.3 is 0 Å². The van der Waals surface area contributed by atoms with Crippen molar-refractivity contribution in [2.75, 3.05) is 32.1 Å². The fraction of sp³-hybridized carbons (Fsp3) is 0.261. The summed E-state index contributed by atoms with van der Waals surface area (Å²) in [5.74, 6) is 1.59. The van der Waals surface area contributed by atoms with Crippen LogP contribution in [0.3, 0.4) is 0 Å². The Morgan fingerprint density at radius 2 is 2.03 bits per heavy atom. The van der Waals surface area contributed by atoms with E-state index in [2.05, 4.69) is 10.4 Å². The third-order valence-corrected chi connectivity index (χ3v) is 5.49. The lowest BCUT2D eigenvalue weighted by molar-refractivity contribution is -0.0247. The Morgan fingerprint density at radius 1 is 1.19 bits per heavy atom. The number of amides is 1. The van der Waals surface area contributed by atoms with Gasteiger partial charge in [-0.05, 0) is 42.5 Å². The summed E-state index contributed by atoms with van der Waals surface area (Å²) < 4.78 is 14.8. The van der Waals surface area contributed by atoms with Crippen LogP contribution in [0.25, 0.3) is 5.65 Å². The molecule has 1 aliphatic rings. The summed E-state index contributed by atoms with van der Waals surface area (Å²) in [4.78, 5) is 19.3. The van der Waals surface area contributed by atoms with Crippen LogP contribution >= 0.6 is 0 Å². The number of rotatable bonds is 5. The van der Waals surface area contributed by atoms with E-state index in [4.69, 9.17) is 14.5 Å². The van der Waals surface area contributed by atoms with Crippen LogP contribution in [0.2, 0.25) is 0 Å². The zero-order valence-corrected chi connectivity index (χ0v) is 17.9. The Labute approximate surface area is 185 Å². The fourth-order valence-electron chi connectivity index (χ4n) is 3.81. The zero-order chi connectivity index (χ0) is 22.1. The van der Waals surface area contributed by atoms with Gasteiger partial charge in [0.05, 0.1) is 26.0 Å². The number of aromatic nitrogens is 4. The third kappa shape index (κ3) is 3.90. The van der Waals surface area contributed by atoms with E-state index in [0.717, 1.165) is 28.6 Å². The van der Waals surface area contributed by atoms with Crippen molar-refractivity contribution < 1.29 is 14.3 Å². The summed E-state index contributed by atoms with van der Waals surface area (Å²) in [5, 5.41) is 7.65. The molecule has 1 fully saturated rings. The van der Waals surface area contributed by atoms with Crippen LogP contribution in [0.1, 0.15) is 22.3 Å². The van der Waals surface area contributed by atoms with Crippen LogP contribution in [-0.4, -0.2) is 56.8 Å². The van der Waals surface area contributed by atoms with Gasteiger partial charge in [-0.3, -0.25) is 13.9 Å². The summed E-state index contributed by atoms with van der Waals surface area (Å²) >= 11 is 0. The normalized spacial score (nSPS) is 16.3. The number of carbonyl (C=O) groups is 1. The maximum atomic E-state index is 12.8. The standard InChI is InChI=1S/C23H24N6O3/c1-27-11-10-18(26-27)23(30)28-12-13-32-20(15-28)19-14-29-21(4-3-5-22(29)25-19)24-16-6-8-17(31-2)9-7-16/h3-11,14,20,24H,12-13,15H2,1-2H3. The van der Waals surface area contributed by atoms with Gasteiger partial charge in [0.2, 0.25) is 0 Å². The Balaban J connectivity index is 1.37. The van der Waals surface area contributed by atoms with E-state index in [1.807, 2.05) is 53.1 Å². The summed E-state index contributed by atoms with van der Waals surface area (Å²) in [6, 6.07) is 15.4. The second kappa shape index (κ2) is 8.35. The lowest BCUT2D eigenvalue weighted by Gasteiger charge is -2.31. The topological polar surface area (TPSA) is 85.9 Å². The number of morpholine rings is 1. The zero-order valence-electron chi connectivity index (χ0n) is 17.9. The van der Waals surface area contributed by atoms with Crippen LogP contribution in [0, 0.1) is 0 Å². The maximum absolute atomic E-state index is 12.8. The second-order valence-corrected chi connectivity index (χ2v) is 7.64. The number of methoxy groups -OCH3 is 1. The van der Waals surface area contributed by atoms with E-state index in [0.29, 0.717) is 25.4 Å². The van der Waals surface area contributed by atoms with Gasteiger partial charge in [-0.2, -0.15) is 5.10 Å². The molecule has 9 nitrogen and oxygen atoms in total. The summed E-state index contributed by atoms with van der Waals surface area (Å²) in [7, 11) is 3.45. The lowest BCUT2D eigenvalue weighted by atomic mass is 10.2. The molecular formula is C23H24N6O3. The van der Waals surface area contributed by atoms with E-state index in [9.17, 15) is 4.79 Å². The molecule has 0 radical (unpaired) electrons. The SMILES string of the molecule is COc1ccc(Nc2cccc3nc(C4CN(C(=O)c5ccn(C)n5)CCO4)cn23)cc1. The monoisotopic (exact) mass is 432 g/mol. The van der Waals surface area contributed by atoms with E-state index < -0.39 is 0 Å². The molecular weight excluding hydrogens is 408 g/mol. The van der Waals surface area contributed by atoms with E-state index >= 15 is 0 Å². The van der Waals surface area contributed by atoms with Crippen LogP contribution in [0.4, 0.5) is 11.5 Å². The smallest absolute Gasteiger partial charge is 0.274 e. The number of anilines is 2. The van der Waals surface area contributed by atoms with Gasteiger partial charge in [0.25, 0.3) is 5.91 Å². The molecule has 164 valence electrons. The number of ether oxygens (including phenoxy) is 2. The average Bonchev–Trinajstić information content (AvgIpc) is 3.46. The highest BCUT2D eigenvalue weighted by molar-refractivity contribution is 5.92. The molecule has 3 aromatic heterocycles. The van der Waals surface area contributed by atoms with Crippen molar-refractivity contribution in [2.24, 2.45) is 7.05 Å². The quantitative estimate of drug-likeness (QED) is 0.522. The molecule has 1 amide bonds. The Hall–Kier alpha value is -3.85. The van der Waals surface area contributed by atoms with Crippen molar-refractivity contribution in [3.63, 3.8) is 0 Å². The van der Waals surface area contributed by atoms with Crippen molar-refractivity contribution in [1.82, 2.24) is 24.1 Å². The molecule has 0 saturated carbocycles. The molecule has 1 saturated heterocycles. The molecule has 1 aliphatic heterocycles. The fourth-order valence-corrected chi connectivity index (χ4v) is 3.81. The molecule has 32 heavy (non-hydrogen) atoms. The van der Waals surface area contributed by atoms with E-state index in [1.54, 1.807) is 36.0 Å². The van der Waals surface area contributed by atoms with E-state index in [-0.39, 0.29) is 12.0 Å². The van der Waals surface area contributed by atoms with Gasteiger partial charge < -0.3 is 19.7 Å². The number of nitrogens with zero attached hydrogens (tertiary/aromatic N) is 5. The molecule has 9 heteroatoms. The Morgan fingerprint density at radius 3 is 2.78 bits per heavy atom. The first-order valence-electron chi connectivity index (χ1n) is 10.4. The van der Waals surface area contributed by atoms with Crippen LogP contribution in [0.5, 0.6) is 5.75 Å². The van der Waals surface area contributed by atoms with E-state index in [1.165, 1.54) is 0 Å². The summed E-state index contributed by atoms with van der Waals surface area (Å²) in [6.45, 7) is 1.41. The highest BCUT2D eigenvalue weighted by Crippen LogP contribution is 2.26. The summed E-state index contributed by atoms with van der Waals surface area (Å²) in [6.07, 6.45) is 3.43. The molecule has 4 aromatic rings. The molecule has 1 aromatic carbocycles. The molecule has 4 heterocycles. The molecule has 0 spiro atoms. The first-order chi connectivity index (χ1) is 15.6. The van der Waals surface area contributed by atoms with Gasteiger partial charge in [0, 0.05) is 31.7 Å². The molecule has 0 aliphatic carbocycles. The van der Waals surface area contributed by atoms with Gasteiger partial charge in [0.15, 0.2) is 0 Å². The predicted octanol–water partition coefficient (Wildman–Crippen LogP) is 3.03. The highest BCUT2D eigenvalue weighted by atomic mass is 16.5. The molecule has 1 atom stereocenters. The number of carbonyl (C=O) groups excluding carboxylic acids is 1.